The van der Waals surface area contributed by atoms with E-state index in [1.807, 2.05) is 47.0 Å². The summed E-state index contributed by atoms with van der Waals surface area (Å²) < 4.78 is 3.39. The molecule has 0 aliphatic rings. The zero-order valence-corrected chi connectivity index (χ0v) is 14.9. The molecule has 7 heteroatoms. The predicted molar refractivity (Wildman–Crippen MR) is 99.7 cm³/mol. The molecule has 0 unspecified atom stereocenters. The van der Waals surface area contributed by atoms with Crippen LogP contribution in [-0.4, -0.2) is 43.2 Å². The number of nitrogens with zero attached hydrogens (tertiary/aromatic N) is 5. The molecule has 7 nitrogen and oxygen atoms in total. The van der Waals surface area contributed by atoms with Crippen LogP contribution in [0.5, 0.6) is 0 Å². The monoisotopic (exact) mass is 353 g/mol. The molecule has 0 saturated carbocycles. The van der Waals surface area contributed by atoms with Gasteiger partial charge in [0.05, 0.1) is 23.8 Å². The maximum atomic E-state index is 12.4. The van der Waals surface area contributed by atoms with Crippen molar-refractivity contribution in [3.05, 3.63) is 59.4 Å². The van der Waals surface area contributed by atoms with E-state index < -0.39 is 0 Å². The van der Waals surface area contributed by atoms with Crippen molar-refractivity contribution in [2.75, 3.05) is 13.1 Å². The van der Waals surface area contributed by atoms with Crippen molar-refractivity contribution >= 4 is 16.8 Å². The van der Waals surface area contributed by atoms with Crippen LogP contribution in [0.4, 0.5) is 0 Å². The topological polar surface area (TPSA) is 73.0 Å². The smallest absolute Gasteiger partial charge is 0.261 e. The lowest BCUT2D eigenvalue weighted by atomic mass is 10.2. The zero-order chi connectivity index (χ0) is 18.4. The van der Waals surface area contributed by atoms with Crippen molar-refractivity contribution < 1.29 is 4.79 Å². The fourth-order valence-electron chi connectivity index (χ4n) is 2.94. The second-order valence-electron chi connectivity index (χ2n) is 6.11. The highest BCUT2D eigenvalue weighted by molar-refractivity contribution is 5.77. The molecule has 1 aromatic carbocycles. The number of likely N-dealkylation sites (N-methyl/N-ethyl adjacent to an activating group) is 1. The molecule has 26 heavy (non-hydrogen) atoms. The number of benzene rings is 1. The highest BCUT2D eigenvalue weighted by atomic mass is 16.2. The SMILES string of the molecule is CCN(CCn1cccn1)C(=O)CCCn1cnc2ccccc2c1=O. The summed E-state index contributed by atoms with van der Waals surface area (Å²) in [7, 11) is 0. The lowest BCUT2D eigenvalue weighted by molar-refractivity contribution is -0.131. The van der Waals surface area contributed by atoms with Gasteiger partial charge in [-0.15, -0.1) is 0 Å². The minimum atomic E-state index is -0.0610. The van der Waals surface area contributed by atoms with E-state index in [0.717, 1.165) is 0 Å². The summed E-state index contributed by atoms with van der Waals surface area (Å²) in [5.74, 6) is 0.0986. The van der Waals surface area contributed by atoms with Gasteiger partial charge in [-0.1, -0.05) is 12.1 Å². The summed E-state index contributed by atoms with van der Waals surface area (Å²) in [4.78, 5) is 31.0. The van der Waals surface area contributed by atoms with Crippen LogP contribution in [0, 0.1) is 0 Å². The van der Waals surface area contributed by atoms with Gasteiger partial charge in [0.2, 0.25) is 5.91 Å². The van der Waals surface area contributed by atoms with Crippen molar-refractivity contribution in [3.63, 3.8) is 0 Å². The van der Waals surface area contributed by atoms with E-state index in [2.05, 4.69) is 10.1 Å². The van der Waals surface area contributed by atoms with Crippen molar-refractivity contribution in [3.8, 4) is 0 Å². The molecular weight excluding hydrogens is 330 g/mol. The summed E-state index contributed by atoms with van der Waals surface area (Å²) in [5.41, 5.74) is 0.634. The summed E-state index contributed by atoms with van der Waals surface area (Å²) in [6, 6.07) is 9.16. The van der Waals surface area contributed by atoms with Crippen LogP contribution in [-0.2, 0) is 17.9 Å². The van der Waals surface area contributed by atoms with Gasteiger partial charge in [-0.3, -0.25) is 18.8 Å². The second-order valence-corrected chi connectivity index (χ2v) is 6.11. The summed E-state index contributed by atoms with van der Waals surface area (Å²) in [6.07, 6.45) is 6.19. The van der Waals surface area contributed by atoms with E-state index in [4.69, 9.17) is 0 Å². The number of carbonyl (C=O) groups is 1. The van der Waals surface area contributed by atoms with E-state index >= 15 is 0 Å². The minimum Gasteiger partial charge on any atom is -0.341 e. The number of hydrogen-bond acceptors (Lipinski definition) is 4. The molecule has 0 spiro atoms. The molecule has 1 amide bonds. The third kappa shape index (κ3) is 4.17. The Morgan fingerprint density at radius 2 is 2.04 bits per heavy atom. The van der Waals surface area contributed by atoms with E-state index in [0.29, 0.717) is 49.9 Å². The van der Waals surface area contributed by atoms with Crippen LogP contribution >= 0.6 is 0 Å². The quantitative estimate of drug-likeness (QED) is 0.620. The Morgan fingerprint density at radius 3 is 2.81 bits per heavy atom. The third-order valence-electron chi connectivity index (χ3n) is 4.41. The fourth-order valence-corrected chi connectivity index (χ4v) is 2.94. The minimum absolute atomic E-state index is 0.0610. The van der Waals surface area contributed by atoms with Gasteiger partial charge in [-0.2, -0.15) is 5.10 Å². The van der Waals surface area contributed by atoms with Crippen LogP contribution in [0.25, 0.3) is 10.9 Å². The largest absolute Gasteiger partial charge is 0.341 e. The van der Waals surface area contributed by atoms with Crippen LogP contribution in [0.1, 0.15) is 19.8 Å². The van der Waals surface area contributed by atoms with E-state index in [1.54, 1.807) is 23.2 Å². The summed E-state index contributed by atoms with van der Waals surface area (Å²) >= 11 is 0. The molecule has 0 aliphatic carbocycles. The molecule has 0 bridgehead atoms. The maximum Gasteiger partial charge on any atom is 0.261 e. The number of amides is 1. The molecule has 0 atom stereocenters. The van der Waals surface area contributed by atoms with Crippen molar-refractivity contribution in [2.24, 2.45) is 0 Å². The molecule has 0 fully saturated rings. The zero-order valence-electron chi connectivity index (χ0n) is 14.9. The Bertz CT molecular complexity index is 917. The van der Waals surface area contributed by atoms with Gasteiger partial charge in [-0.25, -0.2) is 4.98 Å². The number of fused-ring (bicyclic) bond motifs is 1. The standard InChI is InChI=1S/C19H23N5O2/c1-2-22(13-14-24-12-6-10-21-24)18(25)9-5-11-23-15-20-17-8-4-3-7-16(17)19(23)26/h3-4,6-8,10,12,15H,2,5,9,11,13-14H2,1H3. The van der Waals surface area contributed by atoms with Crippen LogP contribution < -0.4 is 5.56 Å². The van der Waals surface area contributed by atoms with Gasteiger partial charge < -0.3 is 4.90 Å². The predicted octanol–water partition coefficient (Wildman–Crippen LogP) is 1.92. The Kier molecular flexibility index (Phi) is 5.78. The van der Waals surface area contributed by atoms with Crippen molar-refractivity contribution in [1.29, 1.82) is 0 Å². The first kappa shape index (κ1) is 17.8. The van der Waals surface area contributed by atoms with E-state index in [-0.39, 0.29) is 11.5 Å². The Balaban J connectivity index is 1.54. The van der Waals surface area contributed by atoms with Crippen LogP contribution in [0.15, 0.2) is 53.8 Å². The molecular formula is C19H23N5O2. The van der Waals surface area contributed by atoms with Gasteiger partial charge in [0.25, 0.3) is 5.56 Å². The highest BCUT2D eigenvalue weighted by Crippen LogP contribution is 2.06. The van der Waals surface area contributed by atoms with Crippen molar-refractivity contribution in [2.45, 2.75) is 32.9 Å². The first-order valence-electron chi connectivity index (χ1n) is 8.88. The highest BCUT2D eigenvalue weighted by Gasteiger charge is 2.12. The van der Waals surface area contributed by atoms with Gasteiger partial charge in [0, 0.05) is 38.4 Å². The lowest BCUT2D eigenvalue weighted by Crippen LogP contribution is -2.34. The Labute approximate surface area is 151 Å². The molecule has 2 aromatic heterocycles. The number of rotatable bonds is 8. The second kappa shape index (κ2) is 8.42. The number of aromatic nitrogens is 4. The van der Waals surface area contributed by atoms with Gasteiger partial charge in [-0.05, 0) is 31.5 Å². The summed E-state index contributed by atoms with van der Waals surface area (Å²) in [5, 5.41) is 4.76. The van der Waals surface area contributed by atoms with Gasteiger partial charge >= 0.3 is 0 Å². The average Bonchev–Trinajstić information content (AvgIpc) is 3.18. The molecule has 3 rings (SSSR count). The molecule has 0 radical (unpaired) electrons. The molecule has 3 aromatic rings. The molecule has 0 aliphatic heterocycles. The number of aryl methyl sites for hydroxylation is 1. The fraction of sp³-hybridized carbons (Fsp3) is 0.368. The number of carbonyl (C=O) groups excluding carboxylic acids is 1. The lowest BCUT2D eigenvalue weighted by Gasteiger charge is -2.21. The van der Waals surface area contributed by atoms with E-state index in [1.165, 1.54) is 0 Å². The molecule has 0 saturated heterocycles. The molecule has 2 heterocycles. The molecule has 0 N–H and O–H groups in total. The third-order valence-corrected chi connectivity index (χ3v) is 4.41. The van der Waals surface area contributed by atoms with Crippen LogP contribution in [0.2, 0.25) is 0 Å². The number of hydrogen-bond donors (Lipinski definition) is 0. The summed E-state index contributed by atoms with van der Waals surface area (Å²) in [6.45, 7) is 4.44. The Morgan fingerprint density at radius 1 is 1.19 bits per heavy atom. The maximum absolute atomic E-state index is 12.4. The molecule has 136 valence electrons. The number of para-hydroxylation sites is 1. The average molecular weight is 353 g/mol. The van der Waals surface area contributed by atoms with E-state index in [9.17, 15) is 9.59 Å². The Hall–Kier alpha value is -2.96. The van der Waals surface area contributed by atoms with Crippen molar-refractivity contribution in [1.82, 2.24) is 24.2 Å². The first-order chi connectivity index (χ1) is 12.7. The van der Waals surface area contributed by atoms with Gasteiger partial charge in [0.15, 0.2) is 0 Å². The normalized spacial score (nSPS) is 11.0. The van der Waals surface area contributed by atoms with Crippen LogP contribution in [0.3, 0.4) is 0 Å². The first-order valence-corrected chi connectivity index (χ1v) is 8.88. The van der Waals surface area contributed by atoms with Gasteiger partial charge in [0.1, 0.15) is 0 Å².